The van der Waals surface area contributed by atoms with Crippen LogP contribution in [0.15, 0.2) is 74.5 Å². The molecule has 0 aliphatic carbocycles. The minimum absolute atomic E-state index is 0.257. The Hall–Kier alpha value is -2.73. The van der Waals surface area contributed by atoms with E-state index < -0.39 is 5.63 Å². The van der Waals surface area contributed by atoms with Crippen LogP contribution in [0.5, 0.6) is 0 Å². The molecule has 4 rings (SSSR count). The Bertz CT molecular complexity index is 1050. The fourth-order valence-corrected chi connectivity index (χ4v) is 2.82. The normalized spacial score (nSPS) is 11.0. The lowest BCUT2D eigenvalue weighted by molar-refractivity contribution is 0.517. The van der Waals surface area contributed by atoms with Crippen molar-refractivity contribution in [3.8, 4) is 17.1 Å². The summed E-state index contributed by atoms with van der Waals surface area (Å²) in [5.41, 5.74) is 1.56. The minimum Gasteiger partial charge on any atom is -0.403 e. The number of benzene rings is 2. The van der Waals surface area contributed by atoms with Crippen LogP contribution in [0.25, 0.3) is 28.2 Å². The van der Waals surface area contributed by atoms with Gasteiger partial charge in [-0.2, -0.15) is 10.1 Å². The van der Waals surface area contributed by atoms with Crippen LogP contribution in [0.1, 0.15) is 0 Å². The molecule has 0 radical (unpaired) electrons. The lowest BCUT2D eigenvalue weighted by Crippen LogP contribution is -2.04. The number of nitrogens with zero attached hydrogens (tertiary/aromatic N) is 3. The molecule has 4 aromatic rings. The van der Waals surface area contributed by atoms with Crippen LogP contribution in [-0.2, 0) is 0 Å². The summed E-state index contributed by atoms with van der Waals surface area (Å²) in [6.07, 6.45) is 1.48. The largest absolute Gasteiger partial charge is 0.403 e. The number of fused-ring (bicyclic) bond motifs is 1. The molecule has 0 amide bonds. The van der Waals surface area contributed by atoms with Crippen molar-refractivity contribution in [1.29, 1.82) is 0 Å². The highest BCUT2D eigenvalue weighted by molar-refractivity contribution is 9.10. The molecule has 0 saturated carbocycles. The third-order valence-corrected chi connectivity index (χ3v) is 4.16. The first kappa shape index (κ1) is 13.9. The topological polar surface area (TPSA) is 60.9 Å². The maximum absolute atomic E-state index is 12.3. The van der Waals surface area contributed by atoms with Gasteiger partial charge in [-0.05, 0) is 40.2 Å². The van der Waals surface area contributed by atoms with Gasteiger partial charge in [0.15, 0.2) is 5.65 Å². The number of para-hydroxylation sites is 1. The van der Waals surface area contributed by atoms with Gasteiger partial charge in [-0.1, -0.05) is 30.3 Å². The predicted octanol–water partition coefficient (Wildman–Crippen LogP) is 3.80. The maximum atomic E-state index is 12.3. The molecule has 0 fully saturated rings. The average molecular weight is 368 g/mol. The van der Waals surface area contributed by atoms with Crippen LogP contribution in [0.3, 0.4) is 0 Å². The van der Waals surface area contributed by atoms with Gasteiger partial charge in [0.1, 0.15) is 5.39 Å². The standard InChI is InChI=1S/C17H10BrN3O2/c18-14-9-5-4-8-12(14)16-20-15-13(17(22)23-16)10-19-21(15)11-6-2-1-3-7-11/h1-10H. The molecule has 0 atom stereocenters. The molecule has 2 heterocycles. The molecule has 0 bridgehead atoms. The summed E-state index contributed by atoms with van der Waals surface area (Å²) in [6, 6.07) is 17.0. The number of hydrogen-bond acceptors (Lipinski definition) is 4. The first-order chi connectivity index (χ1) is 11.2. The monoisotopic (exact) mass is 367 g/mol. The van der Waals surface area contributed by atoms with Gasteiger partial charge in [-0.3, -0.25) is 0 Å². The predicted molar refractivity (Wildman–Crippen MR) is 90.5 cm³/mol. The summed E-state index contributed by atoms with van der Waals surface area (Å²) in [5.74, 6) is 0.257. The molecule has 0 N–H and O–H groups in total. The van der Waals surface area contributed by atoms with Crippen molar-refractivity contribution in [2.75, 3.05) is 0 Å². The van der Waals surface area contributed by atoms with E-state index in [0.717, 1.165) is 10.2 Å². The van der Waals surface area contributed by atoms with E-state index >= 15 is 0 Å². The van der Waals surface area contributed by atoms with Gasteiger partial charge < -0.3 is 4.42 Å². The summed E-state index contributed by atoms with van der Waals surface area (Å²) in [4.78, 5) is 16.8. The molecule has 6 heteroatoms. The average Bonchev–Trinajstić information content (AvgIpc) is 3.00. The van der Waals surface area contributed by atoms with E-state index in [1.54, 1.807) is 4.68 Å². The molecule has 0 spiro atoms. The number of rotatable bonds is 2. The van der Waals surface area contributed by atoms with Gasteiger partial charge in [0, 0.05) is 4.47 Å². The first-order valence-electron chi connectivity index (χ1n) is 6.93. The van der Waals surface area contributed by atoms with Gasteiger partial charge in [-0.15, -0.1) is 0 Å². The molecule has 0 aliphatic heterocycles. The van der Waals surface area contributed by atoms with Crippen LogP contribution in [0.4, 0.5) is 0 Å². The lowest BCUT2D eigenvalue weighted by Gasteiger charge is -2.04. The van der Waals surface area contributed by atoms with Crippen LogP contribution in [0, 0.1) is 0 Å². The zero-order valence-electron chi connectivity index (χ0n) is 11.8. The van der Waals surface area contributed by atoms with Gasteiger partial charge in [0.2, 0.25) is 5.89 Å². The Morgan fingerprint density at radius 1 is 1.00 bits per heavy atom. The Labute approximate surface area is 139 Å². The number of hydrogen-bond donors (Lipinski definition) is 0. The summed E-state index contributed by atoms with van der Waals surface area (Å²) < 4.78 is 7.79. The summed E-state index contributed by atoms with van der Waals surface area (Å²) >= 11 is 3.45. The van der Waals surface area contributed by atoms with E-state index in [9.17, 15) is 4.79 Å². The van der Waals surface area contributed by atoms with E-state index in [4.69, 9.17) is 4.42 Å². The lowest BCUT2D eigenvalue weighted by atomic mass is 10.2. The molecular formula is C17H10BrN3O2. The first-order valence-corrected chi connectivity index (χ1v) is 7.72. The van der Waals surface area contributed by atoms with Crippen LogP contribution >= 0.6 is 15.9 Å². The second-order valence-corrected chi connectivity index (χ2v) is 5.77. The Kier molecular flexibility index (Phi) is 3.31. The molecule has 2 aromatic heterocycles. The van der Waals surface area contributed by atoms with Gasteiger partial charge in [0.05, 0.1) is 17.4 Å². The molecular weight excluding hydrogens is 358 g/mol. The van der Waals surface area contributed by atoms with Crippen molar-refractivity contribution in [2.45, 2.75) is 0 Å². The second kappa shape index (κ2) is 5.48. The number of aromatic nitrogens is 3. The Morgan fingerprint density at radius 2 is 1.74 bits per heavy atom. The Balaban J connectivity index is 2.00. The summed E-state index contributed by atoms with van der Waals surface area (Å²) in [7, 11) is 0. The molecule has 0 saturated heterocycles. The van der Waals surface area contributed by atoms with Crippen LogP contribution in [0.2, 0.25) is 0 Å². The molecule has 23 heavy (non-hydrogen) atoms. The minimum atomic E-state index is -0.456. The van der Waals surface area contributed by atoms with Crippen molar-refractivity contribution in [3.05, 3.63) is 75.7 Å². The molecule has 0 unspecified atom stereocenters. The quantitative estimate of drug-likeness (QED) is 0.540. The van der Waals surface area contributed by atoms with Crippen LogP contribution in [-0.4, -0.2) is 14.8 Å². The highest BCUT2D eigenvalue weighted by Gasteiger charge is 2.15. The van der Waals surface area contributed by atoms with E-state index in [1.165, 1.54) is 6.20 Å². The van der Waals surface area contributed by atoms with Crippen molar-refractivity contribution in [2.24, 2.45) is 0 Å². The third kappa shape index (κ3) is 2.37. The molecule has 0 aliphatic rings. The maximum Gasteiger partial charge on any atom is 0.350 e. The van der Waals surface area contributed by atoms with Crippen molar-refractivity contribution in [3.63, 3.8) is 0 Å². The van der Waals surface area contributed by atoms with E-state index in [-0.39, 0.29) is 5.89 Å². The van der Waals surface area contributed by atoms with Crippen molar-refractivity contribution >= 4 is 27.0 Å². The second-order valence-electron chi connectivity index (χ2n) is 4.92. The van der Waals surface area contributed by atoms with E-state index in [0.29, 0.717) is 16.6 Å². The molecule has 2 aromatic carbocycles. The fraction of sp³-hybridized carbons (Fsp3) is 0. The van der Waals surface area contributed by atoms with Crippen molar-refractivity contribution in [1.82, 2.24) is 14.8 Å². The zero-order valence-corrected chi connectivity index (χ0v) is 13.4. The highest BCUT2D eigenvalue weighted by atomic mass is 79.9. The number of halogens is 1. The Morgan fingerprint density at radius 3 is 2.52 bits per heavy atom. The SMILES string of the molecule is O=c1oc(-c2ccccc2Br)nc2c1cnn2-c1ccccc1. The summed E-state index contributed by atoms with van der Waals surface area (Å²) in [5, 5.41) is 4.62. The summed E-state index contributed by atoms with van der Waals surface area (Å²) in [6.45, 7) is 0. The fourth-order valence-electron chi connectivity index (χ4n) is 2.36. The smallest absolute Gasteiger partial charge is 0.350 e. The van der Waals surface area contributed by atoms with Gasteiger partial charge in [0.25, 0.3) is 0 Å². The van der Waals surface area contributed by atoms with Crippen molar-refractivity contribution < 1.29 is 4.42 Å². The van der Waals surface area contributed by atoms with Gasteiger partial charge in [-0.25, -0.2) is 9.48 Å². The molecule has 112 valence electrons. The highest BCUT2D eigenvalue weighted by Crippen LogP contribution is 2.27. The zero-order chi connectivity index (χ0) is 15.8. The third-order valence-electron chi connectivity index (χ3n) is 3.47. The van der Waals surface area contributed by atoms with E-state index in [1.807, 2.05) is 54.6 Å². The van der Waals surface area contributed by atoms with Gasteiger partial charge >= 0.3 is 5.63 Å². The van der Waals surface area contributed by atoms with Crippen LogP contribution < -0.4 is 5.63 Å². The molecule has 5 nitrogen and oxygen atoms in total. The van der Waals surface area contributed by atoms with E-state index in [2.05, 4.69) is 26.0 Å².